The third-order valence-electron chi connectivity index (χ3n) is 7.73. The summed E-state index contributed by atoms with van der Waals surface area (Å²) in [5, 5.41) is 19.2. The highest BCUT2D eigenvalue weighted by Crippen LogP contribution is 2.33. The van der Waals surface area contributed by atoms with E-state index < -0.39 is 17.2 Å². The van der Waals surface area contributed by atoms with Gasteiger partial charge in [0.2, 0.25) is 5.91 Å². The Morgan fingerprint density at radius 2 is 1.84 bits per heavy atom. The van der Waals surface area contributed by atoms with Gasteiger partial charge in [-0.3, -0.25) is 19.7 Å². The number of ether oxygens (including phenoxy) is 1. The van der Waals surface area contributed by atoms with Gasteiger partial charge in [0.1, 0.15) is 5.60 Å². The number of hydrogen-bond acceptors (Lipinski definition) is 7. The molecule has 5 rings (SSSR count). The molecule has 1 aromatic carbocycles. The molecule has 38 heavy (non-hydrogen) atoms. The molecule has 3 aliphatic heterocycles. The number of fused-ring (bicyclic) bond motifs is 1. The van der Waals surface area contributed by atoms with E-state index in [2.05, 4.69) is 14.9 Å². The number of piperidine rings is 2. The van der Waals surface area contributed by atoms with Crippen molar-refractivity contribution in [2.45, 2.75) is 70.1 Å². The number of imide groups is 1. The van der Waals surface area contributed by atoms with Gasteiger partial charge in [-0.05, 0) is 58.6 Å². The number of nitrogens with zero attached hydrogens (tertiary/aromatic N) is 5. The summed E-state index contributed by atoms with van der Waals surface area (Å²) in [6.45, 7) is 9.20. The lowest BCUT2D eigenvalue weighted by molar-refractivity contribution is -0.120. The van der Waals surface area contributed by atoms with Gasteiger partial charge in [-0.25, -0.2) is 9.59 Å². The highest BCUT2D eigenvalue weighted by molar-refractivity contribution is 6.09. The number of carbonyl (C=O) groups is 3. The standard InChI is InChI=1S/C27H38N6O5/c1-26(2,3)38-25(36)31-15-10-27(37,11-16-31)18-30-12-7-19(8-13-30)33-22-6-4-5-21(20(22)17-28-33)32-14-9-23(34)29-24(32)35/h4-6,17,19,37H,7-16,18H2,1-3H3,(H,29,34,35). The second-order valence-electron chi connectivity index (χ2n) is 11.8. The summed E-state index contributed by atoms with van der Waals surface area (Å²) in [6, 6.07) is 5.66. The van der Waals surface area contributed by atoms with Crippen molar-refractivity contribution >= 4 is 34.6 Å². The van der Waals surface area contributed by atoms with Crippen LogP contribution in [0, 0.1) is 0 Å². The average molecular weight is 527 g/mol. The van der Waals surface area contributed by atoms with Gasteiger partial charge in [-0.2, -0.15) is 5.10 Å². The molecule has 4 amide bonds. The van der Waals surface area contributed by atoms with E-state index in [1.807, 2.05) is 45.2 Å². The Labute approximate surface area is 222 Å². The van der Waals surface area contributed by atoms with Crippen LogP contribution in [-0.2, 0) is 9.53 Å². The van der Waals surface area contributed by atoms with Crippen LogP contribution in [0.1, 0.15) is 58.9 Å². The first-order chi connectivity index (χ1) is 18.0. The Bertz CT molecular complexity index is 1200. The van der Waals surface area contributed by atoms with Crippen molar-refractivity contribution in [3.63, 3.8) is 0 Å². The number of rotatable bonds is 4. The fourth-order valence-electron chi connectivity index (χ4n) is 5.70. The predicted octanol–water partition coefficient (Wildman–Crippen LogP) is 2.88. The molecule has 4 heterocycles. The maximum atomic E-state index is 12.4. The Balaban J connectivity index is 1.18. The minimum absolute atomic E-state index is 0.222. The average Bonchev–Trinajstić information content (AvgIpc) is 3.28. The number of likely N-dealkylation sites (tertiary alicyclic amines) is 2. The fourth-order valence-corrected chi connectivity index (χ4v) is 5.70. The molecule has 0 unspecified atom stereocenters. The Kier molecular flexibility index (Phi) is 7.08. The number of β-amino-alcohol motifs (C(OH)–C–C–N with tert-alkyl or cyclic N) is 1. The van der Waals surface area contributed by atoms with Crippen molar-refractivity contribution < 1.29 is 24.2 Å². The molecule has 2 N–H and O–H groups in total. The van der Waals surface area contributed by atoms with E-state index >= 15 is 0 Å². The van der Waals surface area contributed by atoms with E-state index in [9.17, 15) is 19.5 Å². The van der Waals surface area contributed by atoms with E-state index in [1.54, 1.807) is 9.80 Å². The Morgan fingerprint density at radius 3 is 2.50 bits per heavy atom. The van der Waals surface area contributed by atoms with Gasteiger partial charge in [-0.1, -0.05) is 6.07 Å². The van der Waals surface area contributed by atoms with Crippen LogP contribution in [-0.4, -0.2) is 93.2 Å². The molecule has 0 atom stereocenters. The smallest absolute Gasteiger partial charge is 0.410 e. The second kappa shape index (κ2) is 10.2. The Hall–Kier alpha value is -3.18. The third-order valence-corrected chi connectivity index (χ3v) is 7.73. The summed E-state index contributed by atoms with van der Waals surface area (Å²) in [7, 11) is 0. The molecular weight excluding hydrogens is 488 g/mol. The first kappa shape index (κ1) is 26.4. The molecular formula is C27H38N6O5. The number of amides is 4. The quantitative estimate of drug-likeness (QED) is 0.629. The van der Waals surface area contributed by atoms with Crippen LogP contribution in [0.25, 0.3) is 10.9 Å². The van der Waals surface area contributed by atoms with Crippen molar-refractivity contribution in [2.24, 2.45) is 0 Å². The number of aliphatic hydroxyl groups is 1. The normalized spacial score (nSPS) is 21.6. The highest BCUT2D eigenvalue weighted by Gasteiger charge is 2.38. The molecule has 0 saturated carbocycles. The molecule has 0 aliphatic carbocycles. The van der Waals surface area contributed by atoms with Crippen LogP contribution in [0.4, 0.5) is 15.3 Å². The summed E-state index contributed by atoms with van der Waals surface area (Å²) in [5.74, 6) is -0.251. The maximum Gasteiger partial charge on any atom is 0.410 e. The van der Waals surface area contributed by atoms with E-state index in [0.29, 0.717) is 39.0 Å². The van der Waals surface area contributed by atoms with Gasteiger partial charge in [0.15, 0.2) is 0 Å². The van der Waals surface area contributed by atoms with Gasteiger partial charge in [-0.15, -0.1) is 0 Å². The van der Waals surface area contributed by atoms with E-state index in [4.69, 9.17) is 9.84 Å². The van der Waals surface area contributed by atoms with Gasteiger partial charge >= 0.3 is 12.1 Å². The van der Waals surface area contributed by atoms with Crippen LogP contribution in [0.5, 0.6) is 0 Å². The molecule has 1 aromatic heterocycles. The number of anilines is 1. The van der Waals surface area contributed by atoms with Crippen molar-refractivity contribution in [3.8, 4) is 0 Å². The van der Waals surface area contributed by atoms with Crippen molar-refractivity contribution in [2.75, 3.05) is 44.2 Å². The summed E-state index contributed by atoms with van der Waals surface area (Å²) >= 11 is 0. The highest BCUT2D eigenvalue weighted by atomic mass is 16.6. The molecule has 11 heteroatoms. The number of nitrogens with one attached hydrogen (secondary N) is 1. The van der Waals surface area contributed by atoms with Crippen LogP contribution in [0.15, 0.2) is 24.4 Å². The maximum absolute atomic E-state index is 12.4. The first-order valence-electron chi connectivity index (χ1n) is 13.5. The van der Waals surface area contributed by atoms with Crippen LogP contribution in [0.2, 0.25) is 0 Å². The fraction of sp³-hybridized carbons (Fsp3) is 0.630. The number of aromatic nitrogens is 2. The lowest BCUT2D eigenvalue weighted by Gasteiger charge is -2.42. The molecule has 0 bridgehead atoms. The number of carbonyl (C=O) groups excluding carboxylic acids is 3. The predicted molar refractivity (Wildman–Crippen MR) is 142 cm³/mol. The lowest BCUT2D eigenvalue weighted by Crippen LogP contribution is -2.53. The van der Waals surface area contributed by atoms with E-state index in [0.717, 1.165) is 42.5 Å². The van der Waals surface area contributed by atoms with E-state index in [1.165, 1.54) is 0 Å². The molecule has 3 aliphatic rings. The zero-order valence-electron chi connectivity index (χ0n) is 22.5. The molecule has 0 radical (unpaired) electrons. The molecule has 206 valence electrons. The SMILES string of the molecule is CC(C)(C)OC(=O)N1CCC(O)(CN2CCC(n3ncc4c(N5CCC(=O)NC5=O)cccc43)CC2)CC1. The van der Waals surface area contributed by atoms with Crippen LogP contribution < -0.4 is 10.2 Å². The lowest BCUT2D eigenvalue weighted by atomic mass is 9.90. The molecule has 3 saturated heterocycles. The van der Waals surface area contributed by atoms with Crippen molar-refractivity contribution in [1.29, 1.82) is 0 Å². The summed E-state index contributed by atoms with van der Waals surface area (Å²) in [6.07, 6.45) is 4.65. The largest absolute Gasteiger partial charge is 0.444 e. The molecule has 2 aromatic rings. The number of hydrogen-bond donors (Lipinski definition) is 2. The zero-order valence-corrected chi connectivity index (χ0v) is 22.5. The van der Waals surface area contributed by atoms with Crippen molar-refractivity contribution in [3.05, 3.63) is 24.4 Å². The zero-order chi connectivity index (χ0) is 27.1. The monoisotopic (exact) mass is 526 g/mol. The molecule has 3 fully saturated rings. The minimum Gasteiger partial charge on any atom is -0.444 e. The molecule has 11 nitrogen and oxygen atoms in total. The van der Waals surface area contributed by atoms with Crippen LogP contribution in [0.3, 0.4) is 0 Å². The van der Waals surface area contributed by atoms with Gasteiger partial charge in [0.25, 0.3) is 0 Å². The Morgan fingerprint density at radius 1 is 1.13 bits per heavy atom. The van der Waals surface area contributed by atoms with Gasteiger partial charge in [0, 0.05) is 51.1 Å². The third kappa shape index (κ3) is 5.63. The summed E-state index contributed by atoms with van der Waals surface area (Å²) in [5.41, 5.74) is 0.392. The van der Waals surface area contributed by atoms with Gasteiger partial charge in [0.05, 0.1) is 29.0 Å². The minimum atomic E-state index is -0.810. The summed E-state index contributed by atoms with van der Waals surface area (Å²) in [4.78, 5) is 41.9. The summed E-state index contributed by atoms with van der Waals surface area (Å²) < 4.78 is 7.53. The van der Waals surface area contributed by atoms with Crippen LogP contribution >= 0.6 is 0 Å². The van der Waals surface area contributed by atoms with E-state index in [-0.39, 0.29) is 24.5 Å². The first-order valence-corrected chi connectivity index (χ1v) is 13.5. The number of benzene rings is 1. The molecule has 0 spiro atoms. The topological polar surface area (TPSA) is 120 Å². The second-order valence-corrected chi connectivity index (χ2v) is 11.8. The van der Waals surface area contributed by atoms with Crippen molar-refractivity contribution in [1.82, 2.24) is 24.9 Å². The number of urea groups is 1. The van der Waals surface area contributed by atoms with Gasteiger partial charge < -0.3 is 19.6 Å².